The highest BCUT2D eigenvalue weighted by Crippen LogP contribution is 2.12. The van der Waals surface area contributed by atoms with Crippen molar-refractivity contribution in [2.45, 2.75) is 20.0 Å². The van der Waals surface area contributed by atoms with Gasteiger partial charge in [0.05, 0.1) is 6.67 Å². The molecule has 2 N–H and O–H groups in total. The van der Waals surface area contributed by atoms with Crippen LogP contribution in [0.2, 0.25) is 0 Å². The van der Waals surface area contributed by atoms with Gasteiger partial charge in [-0.1, -0.05) is 0 Å². The molecule has 0 atom stereocenters. The number of anilines is 1. The number of hydrogen-bond donors (Lipinski definition) is 2. The van der Waals surface area contributed by atoms with E-state index in [9.17, 15) is 4.79 Å². The van der Waals surface area contributed by atoms with Crippen LogP contribution in [0.4, 0.5) is 5.82 Å². The first-order chi connectivity index (χ1) is 7.63. The number of carbonyl (C=O) groups excluding carboxylic acids is 1. The second-order valence-corrected chi connectivity index (χ2v) is 4.04. The third kappa shape index (κ3) is 2.73. The number of rotatable bonds is 4. The minimum absolute atomic E-state index is 0.0558. The van der Waals surface area contributed by atoms with Crippen LogP contribution in [0.25, 0.3) is 0 Å². The van der Waals surface area contributed by atoms with Crippen LogP contribution in [-0.4, -0.2) is 46.9 Å². The number of nitrogens with one attached hydrogen (secondary N) is 2. The van der Waals surface area contributed by atoms with Crippen molar-refractivity contribution in [3.63, 3.8) is 0 Å². The summed E-state index contributed by atoms with van der Waals surface area (Å²) in [4.78, 5) is 12.8. The lowest BCUT2D eigenvalue weighted by Crippen LogP contribution is -2.54. The largest absolute Gasteiger partial charge is 0.460 e. The van der Waals surface area contributed by atoms with Crippen molar-refractivity contribution in [2.24, 2.45) is 0 Å². The van der Waals surface area contributed by atoms with Gasteiger partial charge in [-0.25, -0.2) is 0 Å². The summed E-state index contributed by atoms with van der Waals surface area (Å²) in [6.07, 6.45) is 0.0558. The third-order valence-electron chi connectivity index (χ3n) is 2.45. The van der Waals surface area contributed by atoms with Gasteiger partial charge in [0.1, 0.15) is 11.9 Å². The van der Waals surface area contributed by atoms with E-state index in [1.54, 1.807) is 0 Å². The molecule has 88 valence electrons. The molecule has 1 aromatic rings. The highest BCUT2D eigenvalue weighted by Gasteiger charge is 2.28. The van der Waals surface area contributed by atoms with Crippen molar-refractivity contribution in [2.75, 3.05) is 25.1 Å². The molecule has 2 rings (SSSR count). The number of aromatic nitrogens is 2. The van der Waals surface area contributed by atoms with E-state index < -0.39 is 0 Å². The molecule has 1 aliphatic heterocycles. The Morgan fingerprint density at radius 2 is 2.50 bits per heavy atom. The fourth-order valence-corrected chi connectivity index (χ4v) is 1.66. The van der Waals surface area contributed by atoms with Crippen LogP contribution >= 0.6 is 0 Å². The molecular weight excluding hydrogens is 208 g/mol. The smallest absolute Gasteiger partial charge is 0.302 e. The van der Waals surface area contributed by atoms with Gasteiger partial charge in [-0.2, -0.15) is 5.10 Å². The number of aromatic amines is 1. The van der Waals surface area contributed by atoms with E-state index >= 15 is 0 Å². The average Bonchev–Trinajstić information content (AvgIpc) is 2.55. The zero-order valence-corrected chi connectivity index (χ0v) is 9.49. The maximum Gasteiger partial charge on any atom is 0.302 e. The summed E-state index contributed by atoms with van der Waals surface area (Å²) in [5, 5.41) is 10.1. The zero-order valence-electron chi connectivity index (χ0n) is 9.49. The Morgan fingerprint density at radius 3 is 3.06 bits per heavy atom. The van der Waals surface area contributed by atoms with Gasteiger partial charge in [0.2, 0.25) is 0 Å². The monoisotopic (exact) mass is 224 g/mol. The van der Waals surface area contributed by atoms with Crippen molar-refractivity contribution in [3.8, 4) is 0 Å². The molecule has 0 radical (unpaired) electrons. The molecule has 0 saturated carbocycles. The molecule has 0 spiro atoms. The lowest BCUT2D eigenvalue weighted by molar-refractivity contribution is -0.154. The number of likely N-dealkylation sites (tertiary alicyclic amines) is 1. The fourth-order valence-electron chi connectivity index (χ4n) is 1.66. The summed E-state index contributed by atoms with van der Waals surface area (Å²) in [7, 11) is 0. The van der Waals surface area contributed by atoms with E-state index in [4.69, 9.17) is 4.74 Å². The van der Waals surface area contributed by atoms with Gasteiger partial charge >= 0.3 is 5.97 Å². The molecule has 6 nitrogen and oxygen atoms in total. The first kappa shape index (κ1) is 10.9. The van der Waals surface area contributed by atoms with Crippen molar-refractivity contribution in [1.82, 2.24) is 15.1 Å². The lowest BCUT2D eigenvalue weighted by atomic mass is 10.2. The standard InChI is InChI=1S/C10H16N4O2/c1-7-3-10(13-12-7)11-6-14-4-9(5-14)16-8(2)15/h3,9H,4-6H2,1-2H3,(H2,11,12,13). The molecule has 2 heterocycles. The van der Waals surface area contributed by atoms with Crippen molar-refractivity contribution < 1.29 is 9.53 Å². The predicted octanol–water partition coefficient (Wildman–Crippen LogP) is 0.335. The van der Waals surface area contributed by atoms with E-state index in [1.807, 2.05) is 13.0 Å². The second kappa shape index (κ2) is 4.52. The first-order valence-corrected chi connectivity index (χ1v) is 5.29. The van der Waals surface area contributed by atoms with Crippen LogP contribution in [0, 0.1) is 6.92 Å². The second-order valence-electron chi connectivity index (χ2n) is 4.04. The minimum atomic E-state index is -0.208. The minimum Gasteiger partial charge on any atom is -0.460 e. The van der Waals surface area contributed by atoms with Gasteiger partial charge in [-0.15, -0.1) is 0 Å². The fraction of sp³-hybridized carbons (Fsp3) is 0.600. The quantitative estimate of drug-likeness (QED) is 0.721. The van der Waals surface area contributed by atoms with Gasteiger partial charge in [-0.05, 0) is 6.92 Å². The molecule has 1 aromatic heterocycles. The third-order valence-corrected chi connectivity index (χ3v) is 2.45. The summed E-state index contributed by atoms with van der Waals surface area (Å²) < 4.78 is 5.04. The number of nitrogens with zero attached hydrogens (tertiary/aromatic N) is 2. The molecule has 1 saturated heterocycles. The number of esters is 1. The van der Waals surface area contributed by atoms with Gasteiger partial charge in [0, 0.05) is 31.8 Å². The van der Waals surface area contributed by atoms with E-state index in [1.165, 1.54) is 6.92 Å². The Bertz CT molecular complexity index is 371. The molecule has 16 heavy (non-hydrogen) atoms. The maximum absolute atomic E-state index is 10.7. The first-order valence-electron chi connectivity index (χ1n) is 5.29. The highest BCUT2D eigenvalue weighted by molar-refractivity contribution is 5.66. The Labute approximate surface area is 94.0 Å². The SMILES string of the molecule is CC(=O)OC1CN(CNc2cc(C)[nH]n2)C1. The van der Waals surface area contributed by atoms with E-state index in [2.05, 4.69) is 20.4 Å². The number of carbonyl (C=O) groups is 1. The highest BCUT2D eigenvalue weighted by atomic mass is 16.5. The number of aryl methyl sites for hydroxylation is 1. The summed E-state index contributed by atoms with van der Waals surface area (Å²) in [6, 6.07) is 1.95. The maximum atomic E-state index is 10.7. The molecule has 1 aliphatic rings. The van der Waals surface area contributed by atoms with E-state index in [0.717, 1.165) is 31.3 Å². The topological polar surface area (TPSA) is 70.2 Å². The van der Waals surface area contributed by atoms with Crippen molar-refractivity contribution in [3.05, 3.63) is 11.8 Å². The van der Waals surface area contributed by atoms with E-state index in [0.29, 0.717) is 0 Å². The van der Waals surface area contributed by atoms with Crippen LogP contribution in [0.15, 0.2) is 6.07 Å². The molecule has 0 unspecified atom stereocenters. The lowest BCUT2D eigenvalue weighted by Gasteiger charge is -2.37. The molecule has 6 heteroatoms. The zero-order chi connectivity index (χ0) is 11.5. The van der Waals surface area contributed by atoms with Gasteiger partial charge in [-0.3, -0.25) is 14.8 Å². The number of ether oxygens (including phenoxy) is 1. The van der Waals surface area contributed by atoms with Crippen LogP contribution < -0.4 is 5.32 Å². The average molecular weight is 224 g/mol. The predicted molar refractivity (Wildman–Crippen MR) is 58.9 cm³/mol. The molecule has 0 bridgehead atoms. The van der Waals surface area contributed by atoms with Crippen molar-refractivity contribution >= 4 is 11.8 Å². The molecule has 0 aromatic carbocycles. The summed E-state index contributed by atoms with van der Waals surface area (Å²) >= 11 is 0. The summed E-state index contributed by atoms with van der Waals surface area (Å²) in [6.45, 7) is 5.69. The molecule has 0 aliphatic carbocycles. The molecule has 0 amide bonds. The number of H-pyrrole nitrogens is 1. The van der Waals surface area contributed by atoms with Gasteiger partial charge < -0.3 is 10.1 Å². The molecule has 1 fully saturated rings. The summed E-state index contributed by atoms with van der Waals surface area (Å²) in [5.41, 5.74) is 1.03. The Kier molecular flexibility index (Phi) is 3.09. The van der Waals surface area contributed by atoms with E-state index in [-0.39, 0.29) is 12.1 Å². The van der Waals surface area contributed by atoms with Crippen LogP contribution in [-0.2, 0) is 9.53 Å². The Morgan fingerprint density at radius 1 is 1.75 bits per heavy atom. The summed E-state index contributed by atoms with van der Waals surface area (Å²) in [5.74, 6) is 0.633. The Hall–Kier alpha value is -1.56. The Balaban J connectivity index is 1.65. The number of hydrogen-bond acceptors (Lipinski definition) is 5. The normalized spacial score (nSPS) is 16.9. The van der Waals surface area contributed by atoms with Gasteiger partial charge in [0.15, 0.2) is 0 Å². The van der Waals surface area contributed by atoms with Crippen LogP contribution in [0.1, 0.15) is 12.6 Å². The molecular formula is C10H16N4O2. The van der Waals surface area contributed by atoms with Crippen LogP contribution in [0.3, 0.4) is 0 Å². The van der Waals surface area contributed by atoms with Crippen LogP contribution in [0.5, 0.6) is 0 Å². The van der Waals surface area contributed by atoms with Gasteiger partial charge in [0.25, 0.3) is 0 Å². The van der Waals surface area contributed by atoms with Crippen molar-refractivity contribution in [1.29, 1.82) is 0 Å².